The molecule has 0 atom stereocenters. The van der Waals surface area contributed by atoms with E-state index in [2.05, 4.69) is 17.6 Å². The molecular weight excluding hydrogens is 431 g/mol. The number of hydrogen-bond donors (Lipinski definition) is 2. The molecule has 0 aliphatic carbocycles. The van der Waals surface area contributed by atoms with Gasteiger partial charge in [0.15, 0.2) is 5.76 Å². The molecule has 1 amide bonds. The van der Waals surface area contributed by atoms with Crippen molar-refractivity contribution in [3.8, 4) is 0 Å². The number of nitrogens with one attached hydrogen (secondary N) is 2. The maximum Gasteiger partial charge on any atom is 0.238 e. The third kappa shape index (κ3) is 5.66. The molecule has 0 saturated heterocycles. The van der Waals surface area contributed by atoms with Crippen LogP contribution in [0.5, 0.6) is 0 Å². The van der Waals surface area contributed by atoms with E-state index in [4.69, 9.17) is 4.42 Å². The van der Waals surface area contributed by atoms with Crippen LogP contribution in [-0.2, 0) is 17.8 Å². The molecule has 6 heteroatoms. The molecule has 0 unspecified atom stereocenters. The van der Waals surface area contributed by atoms with Crippen LogP contribution in [0.25, 0.3) is 17.0 Å². The van der Waals surface area contributed by atoms with E-state index in [1.807, 2.05) is 54.6 Å². The van der Waals surface area contributed by atoms with E-state index in [0.29, 0.717) is 17.5 Å². The molecule has 2 N–H and O–H groups in total. The van der Waals surface area contributed by atoms with E-state index < -0.39 is 11.6 Å². The molecule has 172 valence electrons. The van der Waals surface area contributed by atoms with Crippen LogP contribution < -0.4 is 10.6 Å². The Morgan fingerprint density at radius 1 is 0.971 bits per heavy atom. The van der Waals surface area contributed by atoms with Gasteiger partial charge in [-0.2, -0.15) is 0 Å². The summed E-state index contributed by atoms with van der Waals surface area (Å²) < 4.78 is 19.6. The van der Waals surface area contributed by atoms with Crippen molar-refractivity contribution in [3.05, 3.63) is 107 Å². The minimum absolute atomic E-state index is 0.0180. The zero-order valence-corrected chi connectivity index (χ0v) is 18.8. The molecule has 5 nitrogen and oxygen atoms in total. The van der Waals surface area contributed by atoms with Gasteiger partial charge < -0.3 is 15.1 Å². The zero-order chi connectivity index (χ0) is 23.9. The van der Waals surface area contributed by atoms with Crippen molar-refractivity contribution >= 4 is 34.4 Å². The number of furan rings is 1. The molecule has 0 aliphatic rings. The number of carbonyl (C=O) groups is 2. The first-order valence-corrected chi connectivity index (χ1v) is 11.1. The first kappa shape index (κ1) is 23.1. The predicted molar refractivity (Wildman–Crippen MR) is 132 cm³/mol. The van der Waals surface area contributed by atoms with Crippen molar-refractivity contribution in [1.29, 1.82) is 0 Å². The molecule has 34 heavy (non-hydrogen) atoms. The van der Waals surface area contributed by atoms with Crippen molar-refractivity contribution in [2.75, 3.05) is 11.9 Å². The number of carbonyl (C=O) groups excluding carboxylic acids is 2. The van der Waals surface area contributed by atoms with E-state index in [-0.39, 0.29) is 23.9 Å². The number of anilines is 1. The van der Waals surface area contributed by atoms with Crippen molar-refractivity contribution in [2.24, 2.45) is 0 Å². The Kier molecular flexibility index (Phi) is 7.30. The Balaban J connectivity index is 1.52. The Morgan fingerprint density at radius 2 is 1.74 bits per heavy atom. The largest absolute Gasteiger partial charge is 0.450 e. The van der Waals surface area contributed by atoms with Gasteiger partial charge in [0, 0.05) is 11.9 Å². The van der Waals surface area contributed by atoms with Crippen LogP contribution in [0.15, 0.2) is 83.3 Å². The molecule has 0 spiro atoms. The number of amides is 1. The van der Waals surface area contributed by atoms with Gasteiger partial charge in [-0.05, 0) is 47.4 Å². The lowest BCUT2D eigenvalue weighted by molar-refractivity contribution is -0.115. The number of ketones is 1. The maximum atomic E-state index is 13.9. The average Bonchev–Trinajstić information content (AvgIpc) is 3.21. The first-order valence-electron chi connectivity index (χ1n) is 11.1. The number of fused-ring (bicyclic) bond motifs is 1. The Morgan fingerprint density at radius 3 is 2.47 bits per heavy atom. The van der Waals surface area contributed by atoms with Gasteiger partial charge in [0.25, 0.3) is 0 Å². The van der Waals surface area contributed by atoms with Gasteiger partial charge in [0.05, 0.1) is 12.2 Å². The molecule has 0 radical (unpaired) electrons. The number of aryl methyl sites for hydroxylation is 1. The smallest absolute Gasteiger partial charge is 0.238 e. The summed E-state index contributed by atoms with van der Waals surface area (Å²) in [6, 6.07) is 21.5. The van der Waals surface area contributed by atoms with E-state index >= 15 is 0 Å². The minimum atomic E-state index is -0.489. The highest BCUT2D eigenvalue weighted by molar-refractivity contribution is 6.16. The van der Waals surface area contributed by atoms with E-state index in [1.165, 1.54) is 29.8 Å². The highest BCUT2D eigenvalue weighted by atomic mass is 19.1. The van der Waals surface area contributed by atoms with Crippen LogP contribution in [0.3, 0.4) is 0 Å². The number of rotatable bonds is 9. The third-order valence-electron chi connectivity index (χ3n) is 5.41. The lowest BCUT2D eigenvalue weighted by atomic mass is 10.1. The van der Waals surface area contributed by atoms with Gasteiger partial charge in [0.2, 0.25) is 11.7 Å². The summed E-state index contributed by atoms with van der Waals surface area (Å²) in [4.78, 5) is 25.6. The standard InChI is InChI=1S/C28H25FN2O3/c1-2-19-8-10-20(11-9-19)12-14-24(32)28-27(23-16-22(29)13-15-25(23)34-28)31-26(33)18-30-17-21-6-4-3-5-7-21/h3-16,30H,2,17-18H2,1H3,(H,31,33)/b14-12+. The lowest BCUT2D eigenvalue weighted by Crippen LogP contribution is -2.28. The normalized spacial score (nSPS) is 11.2. The highest BCUT2D eigenvalue weighted by Gasteiger charge is 2.21. The summed E-state index contributed by atoms with van der Waals surface area (Å²) in [5.74, 6) is -1.32. The molecule has 1 heterocycles. The summed E-state index contributed by atoms with van der Waals surface area (Å²) in [7, 11) is 0. The SMILES string of the molecule is CCc1ccc(/C=C/C(=O)c2oc3ccc(F)cc3c2NC(=O)CNCc2ccccc2)cc1. The molecule has 4 aromatic rings. The molecule has 0 aliphatic heterocycles. The van der Waals surface area contributed by atoms with Crippen molar-refractivity contribution in [3.63, 3.8) is 0 Å². The topological polar surface area (TPSA) is 71.3 Å². The second-order valence-electron chi connectivity index (χ2n) is 7.88. The van der Waals surface area contributed by atoms with E-state index in [0.717, 1.165) is 17.5 Å². The summed E-state index contributed by atoms with van der Waals surface area (Å²) >= 11 is 0. The Hall–Kier alpha value is -4.03. The second-order valence-corrected chi connectivity index (χ2v) is 7.88. The number of halogens is 1. The van der Waals surface area contributed by atoms with Crippen LogP contribution >= 0.6 is 0 Å². The van der Waals surface area contributed by atoms with Gasteiger partial charge >= 0.3 is 0 Å². The number of hydrogen-bond acceptors (Lipinski definition) is 4. The summed E-state index contributed by atoms with van der Waals surface area (Å²) in [5.41, 5.74) is 3.59. The molecule has 1 aromatic heterocycles. The maximum absolute atomic E-state index is 13.9. The molecule has 3 aromatic carbocycles. The van der Waals surface area contributed by atoms with Crippen molar-refractivity contribution < 1.29 is 18.4 Å². The van der Waals surface area contributed by atoms with Gasteiger partial charge in [-0.1, -0.05) is 67.6 Å². The van der Waals surface area contributed by atoms with E-state index in [9.17, 15) is 14.0 Å². The number of allylic oxidation sites excluding steroid dienone is 1. The Labute approximate surface area is 197 Å². The van der Waals surface area contributed by atoms with Crippen molar-refractivity contribution in [1.82, 2.24) is 5.32 Å². The van der Waals surface area contributed by atoms with Crippen LogP contribution in [0.1, 0.15) is 34.2 Å². The monoisotopic (exact) mass is 456 g/mol. The first-order chi connectivity index (χ1) is 16.5. The fraction of sp³-hybridized carbons (Fsp3) is 0.143. The van der Waals surface area contributed by atoms with Crippen LogP contribution in [0.2, 0.25) is 0 Å². The minimum Gasteiger partial charge on any atom is -0.450 e. The summed E-state index contributed by atoms with van der Waals surface area (Å²) in [5, 5.41) is 6.12. The molecular formula is C28H25FN2O3. The van der Waals surface area contributed by atoms with Crippen LogP contribution in [0.4, 0.5) is 10.1 Å². The van der Waals surface area contributed by atoms with Crippen molar-refractivity contribution in [2.45, 2.75) is 19.9 Å². The molecule has 0 bridgehead atoms. The highest BCUT2D eigenvalue weighted by Crippen LogP contribution is 2.32. The predicted octanol–water partition coefficient (Wildman–Crippen LogP) is 5.76. The zero-order valence-electron chi connectivity index (χ0n) is 18.8. The van der Waals surface area contributed by atoms with Gasteiger partial charge in [-0.3, -0.25) is 9.59 Å². The average molecular weight is 457 g/mol. The fourth-order valence-electron chi connectivity index (χ4n) is 3.58. The van der Waals surface area contributed by atoms with Crippen LogP contribution in [-0.4, -0.2) is 18.2 Å². The van der Waals surface area contributed by atoms with Crippen LogP contribution in [0, 0.1) is 5.82 Å². The molecule has 0 saturated carbocycles. The summed E-state index contributed by atoms with van der Waals surface area (Å²) in [6.45, 7) is 2.61. The molecule has 0 fully saturated rings. The second kappa shape index (κ2) is 10.7. The van der Waals surface area contributed by atoms with Gasteiger partial charge in [0.1, 0.15) is 11.4 Å². The van der Waals surface area contributed by atoms with E-state index in [1.54, 1.807) is 6.08 Å². The quantitative estimate of drug-likeness (QED) is 0.248. The summed E-state index contributed by atoms with van der Waals surface area (Å²) in [6.07, 6.45) is 4.00. The lowest BCUT2D eigenvalue weighted by Gasteiger charge is -2.07. The fourth-order valence-corrected chi connectivity index (χ4v) is 3.58. The number of benzene rings is 3. The Bertz CT molecular complexity index is 1330. The third-order valence-corrected chi connectivity index (χ3v) is 5.41. The molecule has 4 rings (SSSR count). The van der Waals surface area contributed by atoms with Gasteiger partial charge in [-0.15, -0.1) is 0 Å². The van der Waals surface area contributed by atoms with Gasteiger partial charge in [-0.25, -0.2) is 4.39 Å².